The zero-order chi connectivity index (χ0) is 18.6. The zero-order valence-corrected chi connectivity index (χ0v) is 14.1. The summed E-state index contributed by atoms with van der Waals surface area (Å²) in [6, 6.07) is 18.2. The molecule has 0 N–H and O–H groups in total. The largest absolute Gasteiger partial charge is 0.456 e. The second-order valence-corrected chi connectivity index (χ2v) is 5.74. The number of carbonyl (C=O) groups excluding carboxylic acids is 2. The summed E-state index contributed by atoms with van der Waals surface area (Å²) in [6.45, 7) is -0.661. The summed E-state index contributed by atoms with van der Waals surface area (Å²) in [5.41, 5.74) is 1.39. The zero-order valence-electron chi connectivity index (χ0n) is 14.1. The van der Waals surface area contributed by atoms with Crippen LogP contribution in [0.3, 0.4) is 0 Å². The van der Waals surface area contributed by atoms with E-state index in [1.54, 1.807) is 12.1 Å². The molecule has 2 aromatic heterocycles. The molecule has 0 bridgehead atoms. The van der Waals surface area contributed by atoms with Crippen LogP contribution in [-0.4, -0.2) is 38.6 Å². The van der Waals surface area contributed by atoms with Crippen LogP contribution < -0.4 is 0 Å². The van der Waals surface area contributed by atoms with E-state index in [9.17, 15) is 9.59 Å². The van der Waals surface area contributed by atoms with Gasteiger partial charge in [-0.15, -0.1) is 10.2 Å². The molecule has 0 saturated carbocycles. The van der Waals surface area contributed by atoms with Gasteiger partial charge in [0.1, 0.15) is 5.58 Å². The Morgan fingerprint density at radius 1 is 1.04 bits per heavy atom. The number of nitrogens with zero attached hydrogens (tertiary/aromatic N) is 4. The Morgan fingerprint density at radius 3 is 2.63 bits per heavy atom. The van der Waals surface area contributed by atoms with E-state index >= 15 is 0 Å². The summed E-state index contributed by atoms with van der Waals surface area (Å²) in [6.07, 6.45) is 0. The molecule has 0 fully saturated rings. The van der Waals surface area contributed by atoms with E-state index in [1.165, 1.54) is 0 Å². The molecule has 0 spiro atoms. The topological polar surface area (TPSA) is 100 Å². The molecule has 0 amide bonds. The highest BCUT2D eigenvalue weighted by Gasteiger charge is 2.16. The van der Waals surface area contributed by atoms with Gasteiger partial charge in [-0.1, -0.05) is 48.5 Å². The van der Waals surface area contributed by atoms with Crippen molar-refractivity contribution in [2.45, 2.75) is 6.54 Å². The van der Waals surface area contributed by atoms with E-state index in [0.29, 0.717) is 11.4 Å². The Bertz CT molecular complexity index is 1070. The van der Waals surface area contributed by atoms with E-state index in [0.717, 1.165) is 15.7 Å². The standard InChI is InChI=1S/C19H14N4O4/c24-15(17-10-14-8-4-5-9-16(14)27-17)12-26-18(25)11-23-21-19(20-22-23)13-6-2-1-3-7-13/h1-10H,11-12H2. The van der Waals surface area contributed by atoms with Crippen molar-refractivity contribution in [1.82, 2.24) is 20.2 Å². The van der Waals surface area contributed by atoms with E-state index in [4.69, 9.17) is 9.15 Å². The highest BCUT2D eigenvalue weighted by molar-refractivity contribution is 5.99. The Hall–Kier alpha value is -3.81. The Balaban J connectivity index is 1.34. The number of furan rings is 1. The fourth-order valence-corrected chi connectivity index (χ4v) is 2.51. The third-order valence-corrected chi connectivity index (χ3v) is 3.82. The van der Waals surface area contributed by atoms with Crippen molar-refractivity contribution in [3.63, 3.8) is 0 Å². The number of hydrogen-bond acceptors (Lipinski definition) is 7. The van der Waals surface area contributed by atoms with Crippen molar-refractivity contribution in [3.05, 3.63) is 66.4 Å². The summed E-state index contributed by atoms with van der Waals surface area (Å²) in [7, 11) is 0. The van der Waals surface area contributed by atoms with Crippen molar-refractivity contribution in [2.75, 3.05) is 6.61 Å². The van der Waals surface area contributed by atoms with Gasteiger partial charge in [0.05, 0.1) is 0 Å². The van der Waals surface area contributed by atoms with Crippen molar-refractivity contribution in [2.24, 2.45) is 0 Å². The number of rotatable bonds is 6. The van der Waals surface area contributed by atoms with Crippen molar-refractivity contribution < 1.29 is 18.7 Å². The highest BCUT2D eigenvalue weighted by atomic mass is 16.5. The van der Waals surface area contributed by atoms with Crippen LogP contribution in [0, 0.1) is 0 Å². The molecule has 4 rings (SSSR count). The maximum Gasteiger partial charge on any atom is 0.330 e. The minimum atomic E-state index is -0.642. The normalized spacial score (nSPS) is 10.8. The molecule has 2 aromatic carbocycles. The molecule has 2 heterocycles. The van der Waals surface area contributed by atoms with Crippen molar-refractivity contribution in [3.8, 4) is 11.4 Å². The molecule has 0 aliphatic heterocycles. The van der Waals surface area contributed by atoms with E-state index in [2.05, 4.69) is 15.4 Å². The number of aromatic nitrogens is 4. The lowest BCUT2D eigenvalue weighted by Gasteiger charge is -2.01. The maximum atomic E-state index is 12.1. The van der Waals surface area contributed by atoms with E-state index < -0.39 is 18.4 Å². The van der Waals surface area contributed by atoms with Crippen molar-refractivity contribution >= 4 is 22.7 Å². The molecular formula is C19H14N4O4. The van der Waals surface area contributed by atoms with Gasteiger partial charge in [-0.25, -0.2) is 4.79 Å². The molecule has 0 atom stereocenters. The molecule has 8 heteroatoms. The third-order valence-electron chi connectivity index (χ3n) is 3.82. The Kier molecular flexibility index (Phi) is 4.44. The number of Topliss-reactive ketones (excluding diaryl/α,β-unsaturated/α-hetero) is 1. The van der Waals surface area contributed by atoms with Gasteiger partial charge in [0, 0.05) is 10.9 Å². The lowest BCUT2D eigenvalue weighted by atomic mass is 10.2. The van der Waals surface area contributed by atoms with Crippen LogP contribution in [-0.2, 0) is 16.1 Å². The van der Waals surface area contributed by atoms with Crippen molar-refractivity contribution in [1.29, 1.82) is 0 Å². The summed E-state index contributed by atoms with van der Waals surface area (Å²) in [5.74, 6) is -0.511. The number of fused-ring (bicyclic) bond motifs is 1. The molecule has 0 aliphatic rings. The summed E-state index contributed by atoms with van der Waals surface area (Å²) >= 11 is 0. The fourth-order valence-electron chi connectivity index (χ4n) is 2.51. The van der Waals surface area contributed by atoms with Gasteiger partial charge in [-0.2, -0.15) is 4.80 Å². The second-order valence-electron chi connectivity index (χ2n) is 5.74. The first-order valence-corrected chi connectivity index (χ1v) is 8.20. The number of hydrogen-bond donors (Lipinski definition) is 0. The predicted molar refractivity (Wildman–Crippen MR) is 94.8 cm³/mol. The number of tetrazole rings is 1. The maximum absolute atomic E-state index is 12.1. The van der Waals surface area contributed by atoms with Gasteiger partial charge in [0.25, 0.3) is 0 Å². The van der Waals surface area contributed by atoms with E-state index in [-0.39, 0.29) is 12.3 Å². The van der Waals surface area contributed by atoms with Crippen LogP contribution in [0.1, 0.15) is 10.6 Å². The van der Waals surface area contributed by atoms with Gasteiger partial charge in [-0.3, -0.25) is 4.79 Å². The molecule has 0 aliphatic carbocycles. The number of ether oxygens (including phenoxy) is 1. The Labute approximate surface area is 153 Å². The molecular weight excluding hydrogens is 348 g/mol. The molecule has 134 valence electrons. The van der Waals surface area contributed by atoms with Gasteiger partial charge in [0.15, 0.2) is 18.9 Å². The molecule has 0 unspecified atom stereocenters. The van der Waals surface area contributed by atoms with Gasteiger partial charge < -0.3 is 9.15 Å². The van der Waals surface area contributed by atoms with E-state index in [1.807, 2.05) is 48.5 Å². The first-order valence-electron chi connectivity index (χ1n) is 8.20. The quantitative estimate of drug-likeness (QED) is 0.384. The Morgan fingerprint density at radius 2 is 1.81 bits per heavy atom. The third kappa shape index (κ3) is 3.74. The number of para-hydroxylation sites is 1. The SMILES string of the molecule is O=C(Cn1nnc(-c2ccccc2)n1)OCC(=O)c1cc2ccccc2o1. The van der Waals surface area contributed by atoms with Crippen LogP contribution in [0.4, 0.5) is 0 Å². The lowest BCUT2D eigenvalue weighted by Crippen LogP contribution is -2.19. The molecule has 0 radical (unpaired) electrons. The van der Waals surface area contributed by atoms with Crippen LogP contribution in [0.15, 0.2) is 65.1 Å². The summed E-state index contributed by atoms with van der Waals surface area (Å²) < 4.78 is 10.4. The number of carbonyl (C=O) groups is 2. The van der Waals surface area contributed by atoms with Gasteiger partial charge in [-0.05, 0) is 17.3 Å². The first kappa shape index (κ1) is 16.6. The minimum Gasteiger partial charge on any atom is -0.456 e. The fraction of sp³-hybridized carbons (Fsp3) is 0.105. The molecule has 0 saturated heterocycles. The van der Waals surface area contributed by atoms with Gasteiger partial charge in [0.2, 0.25) is 11.6 Å². The summed E-state index contributed by atoms with van der Waals surface area (Å²) in [4.78, 5) is 25.2. The average Bonchev–Trinajstić information content (AvgIpc) is 3.33. The smallest absolute Gasteiger partial charge is 0.330 e. The molecule has 27 heavy (non-hydrogen) atoms. The average molecular weight is 362 g/mol. The van der Waals surface area contributed by atoms with Crippen LogP contribution >= 0.6 is 0 Å². The lowest BCUT2D eigenvalue weighted by molar-refractivity contribution is -0.143. The molecule has 4 aromatic rings. The monoisotopic (exact) mass is 362 g/mol. The second kappa shape index (κ2) is 7.20. The minimum absolute atomic E-state index is 0.147. The first-order chi connectivity index (χ1) is 13.2. The summed E-state index contributed by atoms with van der Waals surface area (Å²) in [5, 5.41) is 12.7. The van der Waals surface area contributed by atoms with Crippen LogP contribution in [0.5, 0.6) is 0 Å². The number of benzene rings is 2. The highest BCUT2D eigenvalue weighted by Crippen LogP contribution is 2.19. The molecule has 8 nitrogen and oxygen atoms in total. The van der Waals surface area contributed by atoms with Crippen LogP contribution in [0.25, 0.3) is 22.4 Å². The van der Waals surface area contributed by atoms with Gasteiger partial charge >= 0.3 is 5.97 Å². The number of ketones is 1. The van der Waals surface area contributed by atoms with Crippen LogP contribution in [0.2, 0.25) is 0 Å². The predicted octanol–water partition coefficient (Wildman–Crippen LogP) is 2.51. The number of esters is 1.